The van der Waals surface area contributed by atoms with Gasteiger partial charge in [-0.15, -0.1) is 0 Å². The minimum absolute atomic E-state index is 0.0421. The van der Waals surface area contributed by atoms with E-state index in [1.165, 1.54) is 0 Å². The zero-order valence-corrected chi connectivity index (χ0v) is 21.6. The molecule has 3 amide bonds. The fourth-order valence-electron chi connectivity index (χ4n) is 3.97. The molecule has 1 aromatic carbocycles. The molecule has 2 rings (SSSR count). The minimum atomic E-state index is -1.74. The summed E-state index contributed by atoms with van der Waals surface area (Å²) in [5, 5.41) is 35.1. The van der Waals surface area contributed by atoms with E-state index >= 15 is 0 Å². The van der Waals surface area contributed by atoms with Crippen molar-refractivity contribution in [3.8, 4) is 0 Å². The minimum Gasteiger partial charge on any atom is -0.481 e. The number of aromatic amines is 1. The number of hydrogen-bond donors (Lipinski definition) is 9. The van der Waals surface area contributed by atoms with Gasteiger partial charge in [-0.2, -0.15) is 0 Å². The zero-order valence-electron chi connectivity index (χ0n) is 21.6. The highest BCUT2D eigenvalue weighted by Gasteiger charge is 2.31. The molecule has 1 aromatic heterocycles. The van der Waals surface area contributed by atoms with E-state index < -0.39 is 72.6 Å². The highest BCUT2D eigenvalue weighted by molar-refractivity contribution is 5.95. The van der Waals surface area contributed by atoms with Crippen molar-refractivity contribution in [2.24, 2.45) is 11.5 Å². The lowest BCUT2D eigenvalue weighted by molar-refractivity contribution is -0.147. The van der Waals surface area contributed by atoms with E-state index in [1.54, 1.807) is 24.4 Å². The van der Waals surface area contributed by atoms with Gasteiger partial charge >= 0.3 is 17.9 Å². The summed E-state index contributed by atoms with van der Waals surface area (Å²) in [4.78, 5) is 75.5. The molecular formula is C25H34N6O9. The average Bonchev–Trinajstić information content (AvgIpc) is 3.29. The van der Waals surface area contributed by atoms with E-state index in [0.29, 0.717) is 24.9 Å². The first-order valence-corrected chi connectivity index (χ1v) is 12.5. The van der Waals surface area contributed by atoms with Gasteiger partial charge < -0.3 is 47.7 Å². The van der Waals surface area contributed by atoms with Crippen LogP contribution in [0.3, 0.4) is 0 Å². The molecule has 2 aromatic rings. The molecule has 0 bridgehead atoms. The van der Waals surface area contributed by atoms with Gasteiger partial charge in [-0.25, -0.2) is 4.79 Å². The number of unbranched alkanes of at least 4 members (excludes halogenated alkanes) is 1. The Hall–Kier alpha value is -4.50. The van der Waals surface area contributed by atoms with Crippen LogP contribution in [0.1, 0.15) is 37.7 Å². The Morgan fingerprint density at radius 2 is 1.40 bits per heavy atom. The largest absolute Gasteiger partial charge is 0.481 e. The van der Waals surface area contributed by atoms with E-state index in [2.05, 4.69) is 20.9 Å². The quantitative estimate of drug-likeness (QED) is 0.102. The van der Waals surface area contributed by atoms with Crippen LogP contribution in [-0.4, -0.2) is 86.6 Å². The molecule has 0 aliphatic rings. The standard InChI is InChI=1S/C25H34N6O9/c26-8-4-3-7-17(23(37)31-19(25(39)40)11-21(34)35)29-24(38)18(30-22(36)15(27)10-20(32)33)9-13-12-28-16-6-2-1-5-14(13)16/h1-2,5-6,12,15,17-19,28H,3-4,7-11,26-27H2,(H,29,38)(H,30,36)(H,31,37)(H,32,33)(H,34,35)(H,39,40). The molecule has 218 valence electrons. The number of nitrogens with one attached hydrogen (secondary N) is 4. The molecule has 15 heteroatoms. The van der Waals surface area contributed by atoms with Crippen molar-refractivity contribution in [1.29, 1.82) is 0 Å². The number of carboxylic acid groups (broad SMARTS) is 3. The number of nitrogens with two attached hydrogens (primary N) is 2. The monoisotopic (exact) mass is 562 g/mol. The molecule has 0 fully saturated rings. The summed E-state index contributed by atoms with van der Waals surface area (Å²) in [5.41, 5.74) is 12.6. The summed E-state index contributed by atoms with van der Waals surface area (Å²) >= 11 is 0. The highest BCUT2D eigenvalue weighted by Crippen LogP contribution is 2.19. The van der Waals surface area contributed by atoms with Crippen LogP contribution in [0, 0.1) is 0 Å². The molecule has 1 heterocycles. The van der Waals surface area contributed by atoms with Crippen molar-refractivity contribution in [2.75, 3.05) is 6.54 Å². The number of hydrogen-bond acceptors (Lipinski definition) is 8. The number of aliphatic carboxylic acids is 3. The van der Waals surface area contributed by atoms with E-state index in [-0.39, 0.29) is 12.8 Å². The Morgan fingerprint density at radius 1 is 0.800 bits per heavy atom. The van der Waals surface area contributed by atoms with Gasteiger partial charge in [0.25, 0.3) is 0 Å². The molecule has 0 saturated heterocycles. The van der Waals surface area contributed by atoms with E-state index in [0.717, 1.165) is 10.9 Å². The van der Waals surface area contributed by atoms with Crippen molar-refractivity contribution in [3.05, 3.63) is 36.0 Å². The maximum atomic E-state index is 13.4. The second kappa shape index (κ2) is 15.2. The molecule has 0 radical (unpaired) electrons. The van der Waals surface area contributed by atoms with Crippen LogP contribution < -0.4 is 27.4 Å². The van der Waals surface area contributed by atoms with Gasteiger partial charge in [-0.05, 0) is 37.4 Å². The van der Waals surface area contributed by atoms with Crippen molar-refractivity contribution in [1.82, 2.24) is 20.9 Å². The fourth-order valence-corrected chi connectivity index (χ4v) is 3.97. The summed E-state index contributed by atoms with van der Waals surface area (Å²) in [6, 6.07) is 1.41. The molecular weight excluding hydrogens is 528 g/mol. The number of aromatic nitrogens is 1. The molecule has 4 atom stereocenters. The van der Waals surface area contributed by atoms with Crippen molar-refractivity contribution in [3.63, 3.8) is 0 Å². The molecule has 40 heavy (non-hydrogen) atoms. The van der Waals surface area contributed by atoms with Gasteiger partial charge in [-0.3, -0.25) is 24.0 Å². The van der Waals surface area contributed by atoms with Gasteiger partial charge in [0.05, 0.1) is 18.9 Å². The second-order valence-corrected chi connectivity index (χ2v) is 9.17. The van der Waals surface area contributed by atoms with Gasteiger partial charge in [-0.1, -0.05) is 18.2 Å². The lowest BCUT2D eigenvalue weighted by Gasteiger charge is -2.25. The molecule has 4 unspecified atom stereocenters. The van der Waals surface area contributed by atoms with Gasteiger partial charge in [0.15, 0.2) is 0 Å². The van der Waals surface area contributed by atoms with Crippen LogP contribution in [0.2, 0.25) is 0 Å². The number of H-pyrrole nitrogens is 1. The van der Waals surface area contributed by atoms with Crippen LogP contribution in [0.5, 0.6) is 0 Å². The smallest absolute Gasteiger partial charge is 0.326 e. The summed E-state index contributed by atoms with van der Waals surface area (Å²) in [6.45, 7) is 0.291. The average molecular weight is 563 g/mol. The molecule has 0 spiro atoms. The number of benzene rings is 1. The molecule has 0 aliphatic carbocycles. The maximum absolute atomic E-state index is 13.4. The first-order valence-electron chi connectivity index (χ1n) is 12.5. The number of para-hydroxylation sites is 1. The van der Waals surface area contributed by atoms with Crippen LogP contribution >= 0.6 is 0 Å². The van der Waals surface area contributed by atoms with Crippen molar-refractivity contribution in [2.45, 2.75) is 62.7 Å². The summed E-state index contributed by atoms with van der Waals surface area (Å²) < 4.78 is 0. The number of carboxylic acids is 3. The first-order chi connectivity index (χ1) is 18.9. The Bertz CT molecular complexity index is 1230. The zero-order chi connectivity index (χ0) is 29.8. The van der Waals surface area contributed by atoms with Gasteiger partial charge in [0.1, 0.15) is 18.1 Å². The van der Waals surface area contributed by atoms with Crippen LogP contribution in [0.15, 0.2) is 30.5 Å². The van der Waals surface area contributed by atoms with Crippen LogP contribution in [-0.2, 0) is 35.2 Å². The van der Waals surface area contributed by atoms with Crippen LogP contribution in [0.4, 0.5) is 0 Å². The summed E-state index contributed by atoms with van der Waals surface area (Å²) in [6.07, 6.45) is 0.910. The van der Waals surface area contributed by atoms with E-state index in [4.69, 9.17) is 21.7 Å². The Morgan fingerprint density at radius 3 is 2.02 bits per heavy atom. The lowest BCUT2D eigenvalue weighted by atomic mass is 10.0. The normalized spacial score (nSPS) is 13.9. The fraction of sp³-hybridized carbons (Fsp3) is 0.440. The number of carbonyl (C=O) groups is 6. The lowest BCUT2D eigenvalue weighted by Crippen LogP contribution is -2.57. The second-order valence-electron chi connectivity index (χ2n) is 9.17. The predicted octanol–water partition coefficient (Wildman–Crippen LogP) is -1.34. The predicted molar refractivity (Wildman–Crippen MR) is 141 cm³/mol. The molecule has 0 saturated carbocycles. The third kappa shape index (κ3) is 9.67. The third-order valence-corrected chi connectivity index (χ3v) is 6.04. The topological polar surface area (TPSA) is 267 Å². The van der Waals surface area contributed by atoms with Crippen LogP contribution in [0.25, 0.3) is 10.9 Å². The maximum Gasteiger partial charge on any atom is 0.326 e. The Balaban J connectivity index is 2.31. The number of rotatable bonds is 17. The van der Waals surface area contributed by atoms with E-state index in [9.17, 15) is 33.9 Å². The van der Waals surface area contributed by atoms with Gasteiger partial charge in [0.2, 0.25) is 17.7 Å². The van der Waals surface area contributed by atoms with Crippen molar-refractivity contribution < 1.29 is 44.1 Å². The number of carbonyl (C=O) groups excluding carboxylic acids is 3. The van der Waals surface area contributed by atoms with E-state index in [1.807, 2.05) is 6.07 Å². The number of amides is 3. The Kier molecular flexibility index (Phi) is 12.0. The highest BCUT2D eigenvalue weighted by atomic mass is 16.4. The summed E-state index contributed by atoms with van der Waals surface area (Å²) in [5.74, 6) is -6.99. The Labute approximate surface area is 228 Å². The third-order valence-electron chi connectivity index (χ3n) is 6.04. The molecule has 0 aliphatic heterocycles. The SMILES string of the molecule is NCCCCC(NC(=O)C(Cc1c[nH]c2ccccc12)NC(=O)C(N)CC(=O)O)C(=O)NC(CC(=O)O)C(=O)O. The first kappa shape index (κ1) is 31.7. The van der Waals surface area contributed by atoms with Gasteiger partial charge in [0, 0.05) is 23.5 Å². The summed E-state index contributed by atoms with van der Waals surface area (Å²) in [7, 11) is 0. The molecule has 15 nitrogen and oxygen atoms in total. The van der Waals surface area contributed by atoms with Crippen molar-refractivity contribution >= 4 is 46.5 Å². The molecule has 11 N–H and O–H groups in total. The number of fused-ring (bicyclic) bond motifs is 1.